The number of sulfonamides is 1. The molecular weight excluding hydrogens is 364 g/mol. The zero-order valence-corrected chi connectivity index (χ0v) is 15.4. The molecule has 27 heavy (non-hydrogen) atoms. The number of aliphatic imine (C=N–C) groups is 2. The first kappa shape index (κ1) is 17.7. The lowest BCUT2D eigenvalue weighted by Gasteiger charge is -2.26. The second-order valence-corrected chi connectivity index (χ2v) is 8.10. The fourth-order valence-corrected chi connectivity index (χ4v) is 4.45. The molecule has 0 aromatic heterocycles. The molecule has 3 N–H and O–H groups in total. The molecule has 1 aromatic carbocycles. The Hall–Kier alpha value is -2.75. The maximum atomic E-state index is 12.7. The third kappa shape index (κ3) is 3.70. The Balaban J connectivity index is 1.55. The minimum absolute atomic E-state index is 0.296. The van der Waals surface area contributed by atoms with Crippen LogP contribution in [0.1, 0.15) is 0 Å². The van der Waals surface area contributed by atoms with E-state index in [0.717, 1.165) is 17.0 Å². The number of nitrogens with one attached hydrogen (secondary N) is 3. The van der Waals surface area contributed by atoms with Crippen LogP contribution in [0.4, 0.5) is 5.69 Å². The first-order chi connectivity index (χ1) is 13.1. The Morgan fingerprint density at radius 3 is 2.67 bits per heavy atom. The highest BCUT2D eigenvalue weighted by molar-refractivity contribution is 7.89. The van der Waals surface area contributed by atoms with E-state index in [1.807, 2.05) is 12.2 Å². The zero-order valence-electron chi connectivity index (χ0n) is 14.6. The molecule has 0 amide bonds. The van der Waals surface area contributed by atoms with Crippen LogP contribution in [-0.4, -0.2) is 51.5 Å². The SMILES string of the molecule is O=S(=O)(c1ccc(NC2=C3C=CN=CC=C3NC=N2)cc1)N1CCNCC1. The van der Waals surface area contributed by atoms with E-state index < -0.39 is 10.0 Å². The van der Waals surface area contributed by atoms with Crippen molar-refractivity contribution < 1.29 is 8.42 Å². The van der Waals surface area contributed by atoms with Crippen molar-refractivity contribution in [3.05, 3.63) is 59.7 Å². The third-order valence-corrected chi connectivity index (χ3v) is 6.36. The quantitative estimate of drug-likeness (QED) is 0.720. The van der Waals surface area contributed by atoms with Crippen molar-refractivity contribution in [1.29, 1.82) is 0 Å². The van der Waals surface area contributed by atoms with E-state index in [2.05, 4.69) is 25.9 Å². The van der Waals surface area contributed by atoms with Gasteiger partial charge in [-0.3, -0.25) is 4.99 Å². The van der Waals surface area contributed by atoms with E-state index in [-0.39, 0.29) is 0 Å². The fraction of sp³-hybridized carbons (Fsp3) is 0.222. The molecule has 8 nitrogen and oxygen atoms in total. The molecule has 4 rings (SSSR count). The van der Waals surface area contributed by atoms with Gasteiger partial charge in [0.15, 0.2) is 0 Å². The lowest BCUT2D eigenvalue weighted by Crippen LogP contribution is -2.46. The molecule has 9 heteroatoms. The lowest BCUT2D eigenvalue weighted by atomic mass is 10.1. The van der Waals surface area contributed by atoms with Crippen LogP contribution < -0.4 is 16.0 Å². The molecule has 140 valence electrons. The van der Waals surface area contributed by atoms with Crippen molar-refractivity contribution in [3.8, 4) is 0 Å². The molecule has 0 atom stereocenters. The molecule has 1 fully saturated rings. The van der Waals surface area contributed by atoms with Crippen LogP contribution in [0.2, 0.25) is 0 Å². The summed E-state index contributed by atoms with van der Waals surface area (Å²) >= 11 is 0. The number of fused-ring (bicyclic) bond motifs is 1. The molecule has 0 bridgehead atoms. The van der Waals surface area contributed by atoms with Gasteiger partial charge in [0, 0.05) is 49.9 Å². The van der Waals surface area contributed by atoms with Gasteiger partial charge in [-0.1, -0.05) is 0 Å². The molecule has 1 saturated heterocycles. The van der Waals surface area contributed by atoms with Gasteiger partial charge in [0.2, 0.25) is 10.0 Å². The number of anilines is 1. The van der Waals surface area contributed by atoms with Crippen LogP contribution in [0.5, 0.6) is 0 Å². The number of benzene rings is 1. The summed E-state index contributed by atoms with van der Waals surface area (Å²) in [4.78, 5) is 8.75. The Morgan fingerprint density at radius 1 is 1.11 bits per heavy atom. The molecule has 1 aromatic rings. The van der Waals surface area contributed by atoms with Crippen molar-refractivity contribution >= 4 is 28.3 Å². The predicted molar refractivity (Wildman–Crippen MR) is 106 cm³/mol. The van der Waals surface area contributed by atoms with Gasteiger partial charge in [-0.05, 0) is 36.4 Å². The van der Waals surface area contributed by atoms with Gasteiger partial charge in [-0.15, -0.1) is 0 Å². The highest BCUT2D eigenvalue weighted by Crippen LogP contribution is 2.24. The molecule has 3 aliphatic rings. The summed E-state index contributed by atoms with van der Waals surface area (Å²) in [5, 5.41) is 9.48. The minimum Gasteiger partial charge on any atom is -0.346 e. The molecule has 0 spiro atoms. The summed E-state index contributed by atoms with van der Waals surface area (Å²) < 4.78 is 27.0. The maximum absolute atomic E-state index is 12.7. The highest BCUT2D eigenvalue weighted by atomic mass is 32.2. The second kappa shape index (κ2) is 7.47. The van der Waals surface area contributed by atoms with Crippen LogP contribution in [0.3, 0.4) is 0 Å². The van der Waals surface area contributed by atoms with Crippen molar-refractivity contribution in [2.75, 3.05) is 31.5 Å². The summed E-state index contributed by atoms with van der Waals surface area (Å²) in [6, 6.07) is 6.75. The van der Waals surface area contributed by atoms with Gasteiger partial charge >= 0.3 is 0 Å². The summed E-state index contributed by atoms with van der Waals surface area (Å²) in [6.45, 7) is 2.33. The van der Waals surface area contributed by atoms with E-state index >= 15 is 0 Å². The first-order valence-corrected chi connectivity index (χ1v) is 10.1. The summed E-state index contributed by atoms with van der Waals surface area (Å²) in [5.41, 5.74) is 2.53. The molecule has 0 radical (unpaired) electrons. The summed E-state index contributed by atoms with van der Waals surface area (Å²) in [6.07, 6.45) is 8.74. The zero-order chi connectivity index (χ0) is 18.7. The summed E-state index contributed by atoms with van der Waals surface area (Å²) in [7, 11) is -3.46. The van der Waals surface area contributed by atoms with Gasteiger partial charge in [0.25, 0.3) is 0 Å². The van der Waals surface area contributed by atoms with Crippen molar-refractivity contribution in [1.82, 2.24) is 14.9 Å². The highest BCUT2D eigenvalue weighted by Gasteiger charge is 2.25. The van der Waals surface area contributed by atoms with Crippen molar-refractivity contribution in [2.45, 2.75) is 4.90 Å². The second-order valence-electron chi connectivity index (χ2n) is 6.16. The molecule has 0 aliphatic carbocycles. The largest absolute Gasteiger partial charge is 0.346 e. The van der Waals surface area contributed by atoms with E-state index in [1.54, 1.807) is 43.0 Å². The van der Waals surface area contributed by atoms with Gasteiger partial charge in [-0.25, -0.2) is 13.4 Å². The number of rotatable bonds is 4. The van der Waals surface area contributed by atoms with E-state index in [1.165, 1.54) is 4.31 Å². The standard InChI is InChI=1S/C18H20N6O2S/c25-27(26,24-11-9-20-10-12-24)15-3-1-14(2-4-15)23-18-16-5-7-19-8-6-17(16)21-13-22-18/h1-8,13,20,23H,9-12H2,(H,21,22). The number of piperazine rings is 1. The molecule has 0 saturated carbocycles. The maximum Gasteiger partial charge on any atom is 0.243 e. The average molecular weight is 384 g/mol. The number of hydrogen-bond acceptors (Lipinski definition) is 7. The Bertz CT molecular complexity index is 968. The fourth-order valence-electron chi connectivity index (χ4n) is 3.01. The Morgan fingerprint density at radius 2 is 1.89 bits per heavy atom. The van der Waals surface area contributed by atoms with Gasteiger partial charge < -0.3 is 16.0 Å². The first-order valence-electron chi connectivity index (χ1n) is 8.66. The number of nitrogens with zero attached hydrogens (tertiary/aromatic N) is 3. The van der Waals surface area contributed by atoms with Crippen LogP contribution >= 0.6 is 0 Å². The predicted octanol–water partition coefficient (Wildman–Crippen LogP) is 1.02. The number of allylic oxidation sites excluding steroid dienone is 2. The minimum atomic E-state index is -3.46. The molecule has 0 unspecified atom stereocenters. The van der Waals surface area contributed by atoms with Crippen LogP contribution in [0.25, 0.3) is 0 Å². The van der Waals surface area contributed by atoms with Gasteiger partial charge in [0.1, 0.15) is 5.82 Å². The van der Waals surface area contributed by atoms with Crippen LogP contribution in [-0.2, 0) is 10.0 Å². The third-order valence-electron chi connectivity index (χ3n) is 4.44. The van der Waals surface area contributed by atoms with Crippen molar-refractivity contribution in [3.63, 3.8) is 0 Å². The average Bonchev–Trinajstić information content (AvgIpc) is 2.95. The van der Waals surface area contributed by atoms with Crippen LogP contribution in [0, 0.1) is 0 Å². The van der Waals surface area contributed by atoms with E-state index in [9.17, 15) is 8.42 Å². The molecule has 3 aliphatic heterocycles. The van der Waals surface area contributed by atoms with E-state index in [0.29, 0.717) is 36.9 Å². The van der Waals surface area contributed by atoms with Crippen LogP contribution in [0.15, 0.2) is 74.6 Å². The smallest absolute Gasteiger partial charge is 0.243 e. The Labute approximate surface area is 158 Å². The monoisotopic (exact) mass is 384 g/mol. The summed E-state index contributed by atoms with van der Waals surface area (Å²) in [5.74, 6) is 0.666. The normalized spacial score (nSPS) is 19.9. The number of hydrogen-bond donors (Lipinski definition) is 3. The molecule has 3 heterocycles. The van der Waals surface area contributed by atoms with E-state index in [4.69, 9.17) is 0 Å². The topological polar surface area (TPSA) is 98.2 Å². The Kier molecular flexibility index (Phi) is 4.88. The van der Waals surface area contributed by atoms with Gasteiger partial charge in [-0.2, -0.15) is 4.31 Å². The van der Waals surface area contributed by atoms with Crippen molar-refractivity contribution in [2.24, 2.45) is 9.98 Å². The van der Waals surface area contributed by atoms with Gasteiger partial charge in [0.05, 0.1) is 16.9 Å². The lowest BCUT2D eigenvalue weighted by molar-refractivity contribution is 0.360. The molecular formula is C18H20N6O2S.